The first kappa shape index (κ1) is 5.38. The van der Waals surface area contributed by atoms with Crippen molar-refractivity contribution in [3.05, 3.63) is 23.9 Å². The minimum absolute atomic E-state index is 0.183. The van der Waals surface area contributed by atoms with Gasteiger partial charge in [-0.3, -0.25) is 0 Å². The molecule has 1 aliphatic rings. The molecular weight excluding hydrogens is 100 g/mol. The zero-order valence-electron chi connectivity index (χ0n) is 4.67. The summed E-state index contributed by atoms with van der Waals surface area (Å²) in [5.74, 6) is 0. The predicted molar refractivity (Wildman–Crippen MR) is 34.0 cm³/mol. The average Bonchev–Trinajstić information content (AvgIpc) is 1.77. The molecule has 0 bridgehead atoms. The summed E-state index contributed by atoms with van der Waals surface area (Å²) in [5.41, 5.74) is 11.8. The predicted octanol–water partition coefficient (Wildman–Crippen LogP) is 0.116. The lowest BCUT2D eigenvalue weighted by molar-refractivity contribution is 0.816. The fraction of sp³-hybridized carbons (Fsp3) is 0.333. The summed E-state index contributed by atoms with van der Waals surface area (Å²) in [6, 6.07) is 0.183. The van der Waals surface area contributed by atoms with Crippen molar-refractivity contribution in [1.29, 1.82) is 0 Å². The second kappa shape index (κ2) is 2.01. The first-order valence-corrected chi connectivity index (χ1v) is 2.68. The molecule has 0 aliphatic heterocycles. The molecule has 1 atom stereocenters. The molecule has 2 heteroatoms. The molecular formula is C6H10N2. The van der Waals surface area contributed by atoms with Crippen LogP contribution in [0.1, 0.15) is 6.42 Å². The summed E-state index contributed by atoms with van der Waals surface area (Å²) in [5, 5.41) is 0. The summed E-state index contributed by atoms with van der Waals surface area (Å²) in [6.45, 7) is 0. The number of hydrogen-bond donors (Lipinski definition) is 2. The average molecular weight is 110 g/mol. The van der Waals surface area contributed by atoms with Crippen LogP contribution >= 0.6 is 0 Å². The molecule has 0 amide bonds. The van der Waals surface area contributed by atoms with Gasteiger partial charge in [-0.05, 0) is 12.5 Å². The second-order valence-corrected chi connectivity index (χ2v) is 1.96. The van der Waals surface area contributed by atoms with Crippen molar-refractivity contribution >= 4 is 0 Å². The number of hydrogen-bond acceptors (Lipinski definition) is 2. The molecule has 0 saturated carbocycles. The van der Waals surface area contributed by atoms with Crippen molar-refractivity contribution < 1.29 is 0 Å². The van der Waals surface area contributed by atoms with Gasteiger partial charge in [-0.2, -0.15) is 0 Å². The van der Waals surface area contributed by atoms with Crippen molar-refractivity contribution in [3.63, 3.8) is 0 Å². The van der Waals surface area contributed by atoms with Gasteiger partial charge in [0.15, 0.2) is 0 Å². The van der Waals surface area contributed by atoms with Gasteiger partial charge in [-0.15, -0.1) is 0 Å². The van der Waals surface area contributed by atoms with Gasteiger partial charge in [-0.25, -0.2) is 0 Å². The van der Waals surface area contributed by atoms with E-state index in [9.17, 15) is 0 Å². The zero-order chi connectivity index (χ0) is 5.98. The van der Waals surface area contributed by atoms with Crippen molar-refractivity contribution in [2.24, 2.45) is 11.5 Å². The fourth-order valence-corrected chi connectivity index (χ4v) is 0.653. The van der Waals surface area contributed by atoms with Gasteiger partial charge < -0.3 is 11.5 Å². The van der Waals surface area contributed by atoms with Crippen molar-refractivity contribution in [2.45, 2.75) is 12.5 Å². The third-order valence-corrected chi connectivity index (χ3v) is 1.16. The summed E-state index contributed by atoms with van der Waals surface area (Å²) < 4.78 is 0. The summed E-state index contributed by atoms with van der Waals surface area (Å²) >= 11 is 0. The van der Waals surface area contributed by atoms with Crippen LogP contribution in [-0.2, 0) is 0 Å². The van der Waals surface area contributed by atoms with E-state index in [2.05, 4.69) is 0 Å². The Hall–Kier alpha value is -0.760. The molecule has 0 aromatic rings. The van der Waals surface area contributed by atoms with E-state index in [0.717, 1.165) is 12.1 Å². The highest BCUT2D eigenvalue weighted by Gasteiger charge is 1.98. The van der Waals surface area contributed by atoms with Gasteiger partial charge in [0.1, 0.15) is 0 Å². The SMILES string of the molecule is NC1=CC[C@H](N)C=C1. The van der Waals surface area contributed by atoms with Gasteiger partial charge in [0, 0.05) is 11.7 Å². The first-order valence-electron chi connectivity index (χ1n) is 2.68. The van der Waals surface area contributed by atoms with Crippen LogP contribution in [-0.4, -0.2) is 6.04 Å². The van der Waals surface area contributed by atoms with Gasteiger partial charge in [0.2, 0.25) is 0 Å². The van der Waals surface area contributed by atoms with Crippen LogP contribution in [0.3, 0.4) is 0 Å². The maximum atomic E-state index is 5.51. The van der Waals surface area contributed by atoms with E-state index in [0.29, 0.717) is 0 Å². The maximum Gasteiger partial charge on any atom is 0.0271 e. The van der Waals surface area contributed by atoms with Gasteiger partial charge in [-0.1, -0.05) is 12.2 Å². The fourth-order valence-electron chi connectivity index (χ4n) is 0.653. The molecule has 44 valence electrons. The Morgan fingerprint density at radius 1 is 1.62 bits per heavy atom. The molecule has 0 saturated heterocycles. The minimum Gasteiger partial charge on any atom is -0.399 e. The van der Waals surface area contributed by atoms with Crippen LogP contribution in [0, 0.1) is 0 Å². The number of rotatable bonds is 0. The summed E-state index contributed by atoms with van der Waals surface area (Å²) in [6.07, 6.45) is 6.57. The molecule has 0 aromatic heterocycles. The standard InChI is InChI=1S/C6H10N2/c7-5-1-2-6(8)4-3-5/h1-3,6H,4,7-8H2/t6-/m1/s1. The molecule has 4 N–H and O–H groups in total. The third kappa shape index (κ3) is 1.10. The molecule has 1 rings (SSSR count). The van der Waals surface area contributed by atoms with Gasteiger partial charge in [0.25, 0.3) is 0 Å². The largest absolute Gasteiger partial charge is 0.399 e. The van der Waals surface area contributed by atoms with Gasteiger partial charge >= 0.3 is 0 Å². The number of nitrogens with two attached hydrogens (primary N) is 2. The Morgan fingerprint density at radius 2 is 2.38 bits per heavy atom. The lowest BCUT2D eigenvalue weighted by Gasteiger charge is -2.06. The highest BCUT2D eigenvalue weighted by atomic mass is 14.6. The van der Waals surface area contributed by atoms with Crippen LogP contribution in [0.2, 0.25) is 0 Å². The van der Waals surface area contributed by atoms with Crippen LogP contribution in [0.15, 0.2) is 23.9 Å². The van der Waals surface area contributed by atoms with E-state index in [-0.39, 0.29) is 6.04 Å². The van der Waals surface area contributed by atoms with Crippen molar-refractivity contribution in [2.75, 3.05) is 0 Å². The molecule has 0 unspecified atom stereocenters. The van der Waals surface area contributed by atoms with E-state index in [4.69, 9.17) is 11.5 Å². The molecule has 8 heavy (non-hydrogen) atoms. The quantitative estimate of drug-likeness (QED) is 0.465. The molecule has 0 radical (unpaired) electrons. The van der Waals surface area contributed by atoms with E-state index in [1.807, 2.05) is 18.2 Å². The molecule has 0 fully saturated rings. The Morgan fingerprint density at radius 3 is 2.75 bits per heavy atom. The van der Waals surface area contributed by atoms with Crippen LogP contribution in [0.5, 0.6) is 0 Å². The lowest BCUT2D eigenvalue weighted by atomic mass is 10.1. The van der Waals surface area contributed by atoms with E-state index in [1.54, 1.807) is 0 Å². The van der Waals surface area contributed by atoms with E-state index < -0.39 is 0 Å². The van der Waals surface area contributed by atoms with Crippen LogP contribution in [0.4, 0.5) is 0 Å². The summed E-state index contributed by atoms with van der Waals surface area (Å²) in [4.78, 5) is 0. The number of allylic oxidation sites excluding steroid dienone is 1. The Balaban J connectivity index is 2.58. The Labute approximate surface area is 48.9 Å². The van der Waals surface area contributed by atoms with Crippen molar-refractivity contribution in [3.8, 4) is 0 Å². The highest BCUT2D eigenvalue weighted by molar-refractivity contribution is 5.21. The molecule has 0 aromatic carbocycles. The molecule has 0 heterocycles. The minimum atomic E-state index is 0.183. The summed E-state index contributed by atoms with van der Waals surface area (Å²) in [7, 11) is 0. The third-order valence-electron chi connectivity index (χ3n) is 1.16. The van der Waals surface area contributed by atoms with Gasteiger partial charge in [0.05, 0.1) is 0 Å². The normalized spacial score (nSPS) is 27.6. The highest BCUT2D eigenvalue weighted by Crippen LogP contribution is 2.02. The molecule has 1 aliphatic carbocycles. The molecule has 2 nitrogen and oxygen atoms in total. The van der Waals surface area contributed by atoms with E-state index >= 15 is 0 Å². The van der Waals surface area contributed by atoms with E-state index in [1.165, 1.54) is 0 Å². The monoisotopic (exact) mass is 110 g/mol. The smallest absolute Gasteiger partial charge is 0.0271 e. The Bertz CT molecular complexity index is 135. The van der Waals surface area contributed by atoms with Crippen LogP contribution in [0.25, 0.3) is 0 Å². The molecule has 0 spiro atoms. The first-order chi connectivity index (χ1) is 3.79. The topological polar surface area (TPSA) is 52.0 Å². The van der Waals surface area contributed by atoms with Crippen LogP contribution < -0.4 is 11.5 Å². The van der Waals surface area contributed by atoms with Crippen molar-refractivity contribution in [1.82, 2.24) is 0 Å². The Kier molecular flexibility index (Phi) is 1.35. The maximum absolute atomic E-state index is 5.51. The second-order valence-electron chi connectivity index (χ2n) is 1.96. The lowest BCUT2D eigenvalue weighted by Crippen LogP contribution is -2.18. The zero-order valence-corrected chi connectivity index (χ0v) is 4.67.